The lowest BCUT2D eigenvalue weighted by Gasteiger charge is -2.31. The van der Waals surface area contributed by atoms with Gasteiger partial charge in [-0.25, -0.2) is 4.98 Å². The molecule has 0 radical (unpaired) electrons. The molecule has 0 aromatic carbocycles. The summed E-state index contributed by atoms with van der Waals surface area (Å²) in [7, 11) is 0. The lowest BCUT2D eigenvalue weighted by atomic mass is 9.97. The van der Waals surface area contributed by atoms with Crippen LogP contribution in [0.15, 0.2) is 18.3 Å². The lowest BCUT2D eigenvalue weighted by molar-refractivity contribution is 0.0688. The zero-order valence-electron chi connectivity index (χ0n) is 9.36. The molecule has 4 N–H and O–H groups in total. The van der Waals surface area contributed by atoms with Crippen molar-refractivity contribution in [2.75, 3.05) is 12.3 Å². The molecule has 0 unspecified atom stereocenters. The van der Waals surface area contributed by atoms with Gasteiger partial charge in [0.25, 0.3) is 0 Å². The van der Waals surface area contributed by atoms with Gasteiger partial charge in [0.2, 0.25) is 0 Å². The highest BCUT2D eigenvalue weighted by atomic mass is 16.5. The van der Waals surface area contributed by atoms with E-state index in [-0.39, 0.29) is 5.60 Å². The predicted molar refractivity (Wildman–Crippen MR) is 61.6 cm³/mol. The summed E-state index contributed by atoms with van der Waals surface area (Å²) < 4.78 is 5.86. The zero-order valence-corrected chi connectivity index (χ0v) is 9.36. The number of aromatic nitrogens is 1. The van der Waals surface area contributed by atoms with Crippen molar-refractivity contribution >= 4 is 5.82 Å². The Labute approximate surface area is 90.6 Å². The molecule has 0 fully saturated rings. The summed E-state index contributed by atoms with van der Waals surface area (Å²) in [5.74, 6) is 1.21. The van der Waals surface area contributed by atoms with Crippen LogP contribution in [-0.2, 0) is 0 Å². The Morgan fingerprint density at radius 1 is 1.33 bits per heavy atom. The summed E-state index contributed by atoms with van der Waals surface area (Å²) in [5.41, 5.74) is 11.0. The van der Waals surface area contributed by atoms with Gasteiger partial charge in [0.1, 0.15) is 17.2 Å². The molecule has 0 saturated carbocycles. The molecule has 1 heterocycles. The van der Waals surface area contributed by atoms with E-state index in [2.05, 4.69) is 18.8 Å². The van der Waals surface area contributed by atoms with E-state index in [1.54, 1.807) is 12.3 Å². The van der Waals surface area contributed by atoms with Crippen molar-refractivity contribution in [3.8, 4) is 5.75 Å². The molecule has 84 valence electrons. The van der Waals surface area contributed by atoms with Crippen molar-refractivity contribution in [3.63, 3.8) is 0 Å². The topological polar surface area (TPSA) is 74.2 Å². The Bertz CT molecular complexity index is 285. The average Bonchev–Trinajstić information content (AvgIpc) is 2.29. The van der Waals surface area contributed by atoms with Gasteiger partial charge in [0.05, 0.1) is 6.20 Å². The maximum Gasteiger partial charge on any atom is 0.138 e. The van der Waals surface area contributed by atoms with Gasteiger partial charge in [-0.05, 0) is 25.0 Å². The second-order valence-electron chi connectivity index (χ2n) is 3.62. The van der Waals surface area contributed by atoms with E-state index < -0.39 is 0 Å². The summed E-state index contributed by atoms with van der Waals surface area (Å²) in [6.45, 7) is 4.65. The fourth-order valence-corrected chi connectivity index (χ4v) is 1.43. The van der Waals surface area contributed by atoms with Crippen LogP contribution >= 0.6 is 0 Å². The number of hydrogen-bond donors (Lipinski definition) is 2. The van der Waals surface area contributed by atoms with E-state index >= 15 is 0 Å². The van der Waals surface area contributed by atoms with Crippen LogP contribution in [0.25, 0.3) is 0 Å². The molecule has 1 rings (SSSR count). The van der Waals surface area contributed by atoms with Crippen LogP contribution in [0.4, 0.5) is 5.82 Å². The van der Waals surface area contributed by atoms with Gasteiger partial charge in [0.15, 0.2) is 0 Å². The van der Waals surface area contributed by atoms with Gasteiger partial charge in [-0.3, -0.25) is 0 Å². The second-order valence-corrected chi connectivity index (χ2v) is 3.62. The summed E-state index contributed by atoms with van der Waals surface area (Å²) in [6.07, 6.45) is 3.39. The van der Waals surface area contributed by atoms with E-state index in [1.165, 1.54) is 0 Å². The van der Waals surface area contributed by atoms with Gasteiger partial charge in [-0.1, -0.05) is 13.8 Å². The zero-order chi connectivity index (χ0) is 11.3. The van der Waals surface area contributed by atoms with Gasteiger partial charge in [-0.15, -0.1) is 0 Å². The molecule has 0 saturated heterocycles. The van der Waals surface area contributed by atoms with Crippen molar-refractivity contribution < 1.29 is 4.74 Å². The number of hydrogen-bond acceptors (Lipinski definition) is 4. The number of ether oxygens (including phenoxy) is 1. The van der Waals surface area contributed by atoms with Crippen molar-refractivity contribution in [2.45, 2.75) is 32.3 Å². The molecule has 1 aromatic heterocycles. The standard InChI is InChI=1S/C11H19N3O/c1-3-11(4-2,8-12)15-9-5-6-10(13)14-7-9/h5-7H,3-4,8,12H2,1-2H3,(H2,13,14). The van der Waals surface area contributed by atoms with Crippen molar-refractivity contribution in [3.05, 3.63) is 18.3 Å². The van der Waals surface area contributed by atoms with Gasteiger partial charge >= 0.3 is 0 Å². The van der Waals surface area contributed by atoms with Crippen LogP contribution < -0.4 is 16.2 Å². The molecular weight excluding hydrogens is 190 g/mol. The van der Waals surface area contributed by atoms with E-state index in [9.17, 15) is 0 Å². The van der Waals surface area contributed by atoms with Crippen LogP contribution in [0.5, 0.6) is 5.75 Å². The number of anilines is 1. The summed E-state index contributed by atoms with van der Waals surface area (Å²) >= 11 is 0. The first-order valence-electron chi connectivity index (χ1n) is 5.26. The van der Waals surface area contributed by atoms with Crippen molar-refractivity contribution in [1.82, 2.24) is 4.98 Å². The molecule has 0 aliphatic carbocycles. The number of nitrogens with two attached hydrogens (primary N) is 2. The van der Waals surface area contributed by atoms with E-state index in [0.29, 0.717) is 12.4 Å². The highest BCUT2D eigenvalue weighted by Crippen LogP contribution is 2.23. The Kier molecular flexibility index (Phi) is 3.91. The van der Waals surface area contributed by atoms with Crippen LogP contribution in [0.3, 0.4) is 0 Å². The SMILES string of the molecule is CCC(CC)(CN)Oc1ccc(N)nc1. The fraction of sp³-hybridized carbons (Fsp3) is 0.545. The normalized spacial score (nSPS) is 11.4. The quantitative estimate of drug-likeness (QED) is 0.771. The number of rotatable bonds is 5. The predicted octanol–water partition coefficient (Wildman–Crippen LogP) is 1.56. The van der Waals surface area contributed by atoms with E-state index in [1.807, 2.05) is 6.07 Å². The number of nitrogens with zero attached hydrogens (tertiary/aromatic N) is 1. The molecule has 0 amide bonds. The summed E-state index contributed by atoms with van der Waals surface area (Å²) in [6, 6.07) is 3.54. The molecule has 0 aliphatic rings. The summed E-state index contributed by atoms with van der Waals surface area (Å²) in [4.78, 5) is 3.98. The largest absolute Gasteiger partial charge is 0.484 e. The molecule has 15 heavy (non-hydrogen) atoms. The molecule has 0 bridgehead atoms. The minimum absolute atomic E-state index is 0.280. The third-order valence-corrected chi connectivity index (χ3v) is 2.75. The minimum Gasteiger partial charge on any atom is -0.484 e. The second kappa shape index (κ2) is 4.98. The third kappa shape index (κ3) is 2.83. The Balaban J connectivity index is 2.78. The molecule has 0 spiro atoms. The monoisotopic (exact) mass is 209 g/mol. The minimum atomic E-state index is -0.280. The maximum absolute atomic E-state index is 5.86. The average molecular weight is 209 g/mol. The first-order chi connectivity index (χ1) is 7.15. The van der Waals surface area contributed by atoms with Gasteiger partial charge in [0, 0.05) is 6.54 Å². The molecule has 0 atom stereocenters. The third-order valence-electron chi connectivity index (χ3n) is 2.75. The molecule has 4 heteroatoms. The summed E-state index contributed by atoms with van der Waals surface area (Å²) in [5, 5.41) is 0. The Hall–Kier alpha value is -1.29. The smallest absolute Gasteiger partial charge is 0.138 e. The van der Waals surface area contributed by atoms with Crippen LogP contribution in [0, 0.1) is 0 Å². The fourth-order valence-electron chi connectivity index (χ4n) is 1.43. The molecular formula is C11H19N3O. The van der Waals surface area contributed by atoms with Crippen molar-refractivity contribution in [2.24, 2.45) is 5.73 Å². The van der Waals surface area contributed by atoms with Gasteiger partial charge in [-0.2, -0.15) is 0 Å². The van der Waals surface area contributed by atoms with Crippen LogP contribution in [0.2, 0.25) is 0 Å². The first kappa shape index (κ1) is 11.8. The van der Waals surface area contributed by atoms with E-state index in [4.69, 9.17) is 16.2 Å². The first-order valence-corrected chi connectivity index (χ1v) is 5.26. The van der Waals surface area contributed by atoms with Crippen LogP contribution in [-0.4, -0.2) is 17.1 Å². The van der Waals surface area contributed by atoms with Gasteiger partial charge < -0.3 is 16.2 Å². The Morgan fingerprint density at radius 3 is 2.40 bits per heavy atom. The van der Waals surface area contributed by atoms with Crippen molar-refractivity contribution in [1.29, 1.82) is 0 Å². The van der Waals surface area contributed by atoms with Crippen LogP contribution in [0.1, 0.15) is 26.7 Å². The van der Waals surface area contributed by atoms with E-state index in [0.717, 1.165) is 18.6 Å². The maximum atomic E-state index is 5.86. The highest BCUT2D eigenvalue weighted by molar-refractivity contribution is 5.32. The highest BCUT2D eigenvalue weighted by Gasteiger charge is 2.26. The Morgan fingerprint density at radius 2 is 2.00 bits per heavy atom. The number of pyridine rings is 1. The molecule has 1 aromatic rings. The number of nitrogen functional groups attached to an aromatic ring is 1. The molecule has 4 nitrogen and oxygen atoms in total. The lowest BCUT2D eigenvalue weighted by Crippen LogP contribution is -2.42. The molecule has 0 aliphatic heterocycles.